The molecule has 4 heteroatoms. The number of benzene rings is 1. The number of rotatable bonds is 4. The number of hydrogen-bond acceptors (Lipinski definition) is 2. The molecular formula is C13H14N2O2. The van der Waals surface area contributed by atoms with Crippen LogP contribution in [0.1, 0.15) is 12.5 Å². The molecule has 0 aliphatic heterocycles. The molecule has 0 spiro atoms. The highest BCUT2D eigenvalue weighted by Gasteiger charge is 2.02. The van der Waals surface area contributed by atoms with E-state index in [1.54, 1.807) is 24.3 Å². The van der Waals surface area contributed by atoms with Gasteiger partial charge in [-0.25, -0.2) is 0 Å². The minimum atomic E-state index is -0.121. The molecule has 0 aromatic heterocycles. The Kier molecular flexibility index (Phi) is 4.77. The van der Waals surface area contributed by atoms with E-state index in [1.165, 1.54) is 6.92 Å². The van der Waals surface area contributed by atoms with Crippen LogP contribution in [0.5, 0.6) is 0 Å². The van der Waals surface area contributed by atoms with E-state index < -0.39 is 0 Å². The summed E-state index contributed by atoms with van der Waals surface area (Å²) >= 11 is 0. The van der Waals surface area contributed by atoms with Crippen LogP contribution in [0.15, 0.2) is 24.3 Å². The van der Waals surface area contributed by atoms with E-state index in [4.69, 9.17) is 6.42 Å². The van der Waals surface area contributed by atoms with Gasteiger partial charge in [0.1, 0.15) is 0 Å². The molecule has 1 aromatic rings. The number of carbonyl (C=O) groups is 2. The first-order valence-corrected chi connectivity index (χ1v) is 5.18. The monoisotopic (exact) mass is 230 g/mol. The van der Waals surface area contributed by atoms with Gasteiger partial charge in [0.05, 0.1) is 13.0 Å². The van der Waals surface area contributed by atoms with Gasteiger partial charge < -0.3 is 10.6 Å². The van der Waals surface area contributed by atoms with Gasteiger partial charge in [0, 0.05) is 12.6 Å². The second-order valence-electron chi connectivity index (χ2n) is 3.54. The van der Waals surface area contributed by atoms with E-state index in [1.807, 2.05) is 0 Å². The topological polar surface area (TPSA) is 58.2 Å². The Balaban J connectivity index is 2.53. The minimum absolute atomic E-state index is 0.116. The Hall–Kier alpha value is -2.28. The number of anilines is 1. The number of amides is 2. The molecule has 0 atom stereocenters. The van der Waals surface area contributed by atoms with Gasteiger partial charge in [0.25, 0.3) is 0 Å². The summed E-state index contributed by atoms with van der Waals surface area (Å²) in [5.74, 6) is 2.10. The zero-order valence-electron chi connectivity index (χ0n) is 9.62. The summed E-state index contributed by atoms with van der Waals surface area (Å²) in [5.41, 5.74) is 1.58. The van der Waals surface area contributed by atoms with Gasteiger partial charge in [-0.15, -0.1) is 6.42 Å². The van der Waals surface area contributed by atoms with E-state index in [0.29, 0.717) is 5.69 Å². The molecule has 88 valence electrons. The van der Waals surface area contributed by atoms with Crippen LogP contribution in [0.25, 0.3) is 0 Å². The molecule has 0 unspecified atom stereocenters. The second kappa shape index (κ2) is 6.33. The van der Waals surface area contributed by atoms with Gasteiger partial charge in [0.2, 0.25) is 11.8 Å². The fraction of sp³-hybridized carbons (Fsp3) is 0.231. The highest BCUT2D eigenvalue weighted by molar-refractivity contribution is 5.88. The second-order valence-corrected chi connectivity index (χ2v) is 3.54. The third-order valence-corrected chi connectivity index (χ3v) is 2.03. The fourth-order valence-corrected chi connectivity index (χ4v) is 1.31. The van der Waals surface area contributed by atoms with Crippen molar-refractivity contribution >= 4 is 17.5 Å². The lowest BCUT2D eigenvalue weighted by molar-refractivity contribution is -0.120. The van der Waals surface area contributed by atoms with Crippen LogP contribution in [0, 0.1) is 12.3 Å². The molecule has 2 N–H and O–H groups in total. The summed E-state index contributed by atoms with van der Waals surface area (Å²) in [7, 11) is 0. The lowest BCUT2D eigenvalue weighted by atomic mass is 10.1. The van der Waals surface area contributed by atoms with Crippen molar-refractivity contribution in [2.75, 3.05) is 11.9 Å². The predicted molar refractivity (Wildman–Crippen MR) is 66.3 cm³/mol. The first-order chi connectivity index (χ1) is 8.11. The van der Waals surface area contributed by atoms with Gasteiger partial charge in [-0.1, -0.05) is 18.1 Å². The van der Waals surface area contributed by atoms with Gasteiger partial charge in [-0.05, 0) is 17.7 Å². The first kappa shape index (κ1) is 12.8. The standard InChI is InChI=1S/C13H14N2O2/c1-3-8-14-13(17)9-11-4-6-12(7-5-11)15-10(2)16/h1,4-7H,8-9H2,2H3,(H,14,17)(H,15,16). The zero-order valence-corrected chi connectivity index (χ0v) is 9.62. The molecule has 0 aliphatic carbocycles. The van der Waals surface area contributed by atoms with Crippen molar-refractivity contribution < 1.29 is 9.59 Å². The summed E-state index contributed by atoms with van der Waals surface area (Å²) in [6, 6.07) is 7.10. The maximum atomic E-state index is 11.4. The van der Waals surface area contributed by atoms with E-state index >= 15 is 0 Å². The van der Waals surface area contributed by atoms with Crippen LogP contribution in [-0.2, 0) is 16.0 Å². The van der Waals surface area contributed by atoms with Gasteiger partial charge >= 0.3 is 0 Å². The average Bonchev–Trinajstić information content (AvgIpc) is 2.28. The number of nitrogens with one attached hydrogen (secondary N) is 2. The Morgan fingerprint density at radius 3 is 2.47 bits per heavy atom. The van der Waals surface area contributed by atoms with Crippen LogP contribution >= 0.6 is 0 Å². The van der Waals surface area contributed by atoms with Gasteiger partial charge in [0.15, 0.2) is 0 Å². The minimum Gasteiger partial charge on any atom is -0.345 e. The highest BCUT2D eigenvalue weighted by atomic mass is 16.2. The Bertz CT molecular complexity index is 443. The lowest BCUT2D eigenvalue weighted by Gasteiger charge is -2.04. The largest absolute Gasteiger partial charge is 0.345 e. The van der Waals surface area contributed by atoms with Gasteiger partial charge in [-0.3, -0.25) is 9.59 Å². The summed E-state index contributed by atoms with van der Waals surface area (Å²) < 4.78 is 0. The maximum Gasteiger partial charge on any atom is 0.225 e. The van der Waals surface area contributed by atoms with E-state index in [0.717, 1.165) is 5.56 Å². The first-order valence-electron chi connectivity index (χ1n) is 5.18. The van der Waals surface area contributed by atoms with Crippen molar-refractivity contribution in [3.63, 3.8) is 0 Å². The van der Waals surface area contributed by atoms with Crippen LogP contribution < -0.4 is 10.6 Å². The molecule has 0 radical (unpaired) electrons. The predicted octanol–water partition coefficient (Wildman–Crippen LogP) is 0.937. The summed E-state index contributed by atoms with van der Waals surface area (Å²) in [5, 5.41) is 5.24. The van der Waals surface area contributed by atoms with Crippen molar-refractivity contribution in [3.8, 4) is 12.3 Å². The van der Waals surface area contributed by atoms with Crippen molar-refractivity contribution in [1.82, 2.24) is 5.32 Å². The van der Waals surface area contributed by atoms with Crippen LogP contribution in [0.2, 0.25) is 0 Å². The van der Waals surface area contributed by atoms with Crippen LogP contribution in [0.4, 0.5) is 5.69 Å². The van der Waals surface area contributed by atoms with Crippen molar-refractivity contribution in [3.05, 3.63) is 29.8 Å². The SMILES string of the molecule is C#CCNC(=O)Cc1ccc(NC(C)=O)cc1. The number of carbonyl (C=O) groups excluding carboxylic acids is 2. The molecular weight excluding hydrogens is 216 g/mol. The van der Waals surface area contributed by atoms with E-state index in [9.17, 15) is 9.59 Å². The summed E-state index contributed by atoms with van der Waals surface area (Å²) in [6.45, 7) is 1.68. The Morgan fingerprint density at radius 2 is 1.94 bits per heavy atom. The lowest BCUT2D eigenvalue weighted by Crippen LogP contribution is -2.25. The highest BCUT2D eigenvalue weighted by Crippen LogP contribution is 2.09. The third kappa shape index (κ3) is 4.85. The molecule has 1 rings (SSSR count). The zero-order chi connectivity index (χ0) is 12.7. The van der Waals surface area contributed by atoms with Crippen molar-refractivity contribution in [2.24, 2.45) is 0 Å². The molecule has 0 heterocycles. The van der Waals surface area contributed by atoms with E-state index in [2.05, 4.69) is 16.6 Å². The summed E-state index contributed by atoms with van der Waals surface area (Å²) in [6.07, 6.45) is 5.31. The molecule has 0 saturated carbocycles. The molecule has 0 saturated heterocycles. The molecule has 0 aliphatic rings. The molecule has 1 aromatic carbocycles. The Morgan fingerprint density at radius 1 is 1.29 bits per heavy atom. The number of terminal acetylenes is 1. The maximum absolute atomic E-state index is 11.4. The molecule has 17 heavy (non-hydrogen) atoms. The third-order valence-electron chi connectivity index (χ3n) is 2.03. The average molecular weight is 230 g/mol. The Labute approximate surface area is 100 Å². The van der Waals surface area contributed by atoms with Gasteiger partial charge in [-0.2, -0.15) is 0 Å². The smallest absolute Gasteiger partial charge is 0.225 e. The number of hydrogen-bond donors (Lipinski definition) is 2. The normalized spacial score (nSPS) is 9.18. The molecule has 0 bridgehead atoms. The van der Waals surface area contributed by atoms with Crippen LogP contribution in [-0.4, -0.2) is 18.4 Å². The fourth-order valence-electron chi connectivity index (χ4n) is 1.31. The molecule has 0 fully saturated rings. The molecule has 4 nitrogen and oxygen atoms in total. The van der Waals surface area contributed by atoms with Crippen LogP contribution in [0.3, 0.4) is 0 Å². The van der Waals surface area contributed by atoms with E-state index in [-0.39, 0.29) is 24.8 Å². The molecule has 2 amide bonds. The van der Waals surface area contributed by atoms with Crippen molar-refractivity contribution in [2.45, 2.75) is 13.3 Å². The quantitative estimate of drug-likeness (QED) is 0.756. The van der Waals surface area contributed by atoms with Crippen molar-refractivity contribution in [1.29, 1.82) is 0 Å². The summed E-state index contributed by atoms with van der Waals surface area (Å²) in [4.78, 5) is 22.2.